The van der Waals surface area contributed by atoms with Crippen molar-refractivity contribution < 1.29 is 14.3 Å². The maximum Gasteiger partial charge on any atom is 0.340 e. The molecule has 3 aromatic carbocycles. The van der Waals surface area contributed by atoms with E-state index in [1.54, 1.807) is 6.07 Å². The highest BCUT2D eigenvalue weighted by atomic mass is 16.5. The summed E-state index contributed by atoms with van der Waals surface area (Å²) in [5, 5.41) is 5.07. The first-order valence-electron chi connectivity index (χ1n) is 11.7. The molecule has 176 valence electrons. The number of aryl methyl sites for hydroxylation is 2. The Hall–Kier alpha value is -4.32. The van der Waals surface area contributed by atoms with E-state index < -0.39 is 5.97 Å². The van der Waals surface area contributed by atoms with Crippen LogP contribution >= 0.6 is 0 Å². The minimum absolute atomic E-state index is 0.359. The van der Waals surface area contributed by atoms with E-state index in [-0.39, 0.29) is 12.5 Å². The number of hydrogen-bond acceptors (Lipinski definition) is 3. The summed E-state index contributed by atoms with van der Waals surface area (Å²) in [5.41, 5.74) is 6.07. The molecular formula is C29H27N3O3. The molecule has 0 unspecified atom stereocenters. The Bertz CT molecular complexity index is 1560. The van der Waals surface area contributed by atoms with Gasteiger partial charge in [0.2, 0.25) is 0 Å². The SMILES string of the molecule is CCn1c2ccccc2c2cc(NC(=O)COC(=O)c3cc(C)n(-c4ccccc4)c3C)ccc21. The molecule has 2 aromatic heterocycles. The van der Waals surface area contributed by atoms with Crippen molar-refractivity contribution in [3.8, 4) is 5.69 Å². The number of ether oxygens (including phenoxy) is 1. The van der Waals surface area contributed by atoms with Crippen LogP contribution in [0.25, 0.3) is 27.5 Å². The van der Waals surface area contributed by atoms with Crippen molar-refractivity contribution in [1.29, 1.82) is 0 Å². The van der Waals surface area contributed by atoms with Crippen LogP contribution in [0.2, 0.25) is 0 Å². The number of carbonyl (C=O) groups excluding carboxylic acids is 2. The Balaban J connectivity index is 1.30. The summed E-state index contributed by atoms with van der Waals surface area (Å²) in [4.78, 5) is 25.3. The highest BCUT2D eigenvalue weighted by molar-refractivity contribution is 6.10. The largest absolute Gasteiger partial charge is 0.452 e. The average Bonchev–Trinajstić information content (AvgIpc) is 3.35. The van der Waals surface area contributed by atoms with Gasteiger partial charge < -0.3 is 19.2 Å². The monoisotopic (exact) mass is 465 g/mol. The van der Waals surface area contributed by atoms with E-state index >= 15 is 0 Å². The van der Waals surface area contributed by atoms with E-state index in [0.29, 0.717) is 11.3 Å². The molecule has 1 amide bonds. The van der Waals surface area contributed by atoms with Crippen LogP contribution in [0, 0.1) is 13.8 Å². The lowest BCUT2D eigenvalue weighted by molar-refractivity contribution is -0.119. The third kappa shape index (κ3) is 4.08. The summed E-state index contributed by atoms with van der Waals surface area (Å²) in [6, 6.07) is 25.7. The minimum atomic E-state index is -0.517. The molecule has 0 aliphatic heterocycles. The predicted molar refractivity (Wildman–Crippen MR) is 139 cm³/mol. The first kappa shape index (κ1) is 22.5. The molecule has 1 N–H and O–H groups in total. The third-order valence-electron chi connectivity index (χ3n) is 6.37. The Morgan fingerprint density at radius 1 is 0.857 bits per heavy atom. The van der Waals surface area contributed by atoms with Gasteiger partial charge in [-0.05, 0) is 63.2 Å². The van der Waals surface area contributed by atoms with Gasteiger partial charge in [-0.25, -0.2) is 4.79 Å². The number of carbonyl (C=O) groups is 2. The topological polar surface area (TPSA) is 65.3 Å². The van der Waals surface area contributed by atoms with Crippen LogP contribution in [0.15, 0.2) is 78.9 Å². The second-order valence-electron chi connectivity index (χ2n) is 8.57. The van der Waals surface area contributed by atoms with Crippen molar-refractivity contribution in [1.82, 2.24) is 9.13 Å². The van der Waals surface area contributed by atoms with Gasteiger partial charge in [0.15, 0.2) is 6.61 Å². The highest BCUT2D eigenvalue weighted by Crippen LogP contribution is 2.31. The van der Waals surface area contributed by atoms with Crippen molar-refractivity contribution in [2.75, 3.05) is 11.9 Å². The molecule has 0 spiro atoms. The van der Waals surface area contributed by atoms with Crippen LogP contribution in [-0.2, 0) is 16.1 Å². The summed E-state index contributed by atoms with van der Waals surface area (Å²) >= 11 is 0. The van der Waals surface area contributed by atoms with Crippen molar-refractivity contribution in [2.45, 2.75) is 27.3 Å². The number of benzene rings is 3. The van der Waals surface area contributed by atoms with Crippen LogP contribution < -0.4 is 5.32 Å². The average molecular weight is 466 g/mol. The lowest BCUT2D eigenvalue weighted by atomic mass is 10.1. The molecule has 0 fully saturated rings. The van der Waals surface area contributed by atoms with Crippen molar-refractivity contribution in [3.63, 3.8) is 0 Å². The fourth-order valence-corrected chi connectivity index (χ4v) is 4.82. The van der Waals surface area contributed by atoms with E-state index in [4.69, 9.17) is 4.74 Å². The molecule has 6 nitrogen and oxygen atoms in total. The normalized spacial score (nSPS) is 11.2. The fraction of sp³-hybridized carbons (Fsp3) is 0.172. The number of fused-ring (bicyclic) bond motifs is 3. The van der Waals surface area contributed by atoms with Crippen LogP contribution in [0.4, 0.5) is 5.69 Å². The number of rotatable bonds is 6. The lowest BCUT2D eigenvalue weighted by Gasteiger charge is -2.10. The molecular weight excluding hydrogens is 438 g/mol. The predicted octanol–water partition coefficient (Wildman–Crippen LogP) is 6.02. The van der Waals surface area contributed by atoms with Gasteiger partial charge >= 0.3 is 5.97 Å². The number of anilines is 1. The minimum Gasteiger partial charge on any atom is -0.452 e. The Kier molecular flexibility index (Phi) is 5.87. The Morgan fingerprint density at radius 2 is 1.57 bits per heavy atom. The molecule has 35 heavy (non-hydrogen) atoms. The molecule has 0 bridgehead atoms. The Labute approximate surface area is 203 Å². The van der Waals surface area contributed by atoms with Crippen molar-refractivity contribution in [3.05, 3.63) is 95.8 Å². The molecule has 5 aromatic rings. The van der Waals surface area contributed by atoms with E-state index in [1.165, 1.54) is 0 Å². The number of aromatic nitrogens is 2. The number of amides is 1. The number of para-hydroxylation sites is 2. The van der Waals surface area contributed by atoms with Gasteiger partial charge in [0.1, 0.15) is 0 Å². The maximum atomic E-state index is 12.8. The van der Waals surface area contributed by atoms with Crippen LogP contribution in [0.3, 0.4) is 0 Å². The van der Waals surface area contributed by atoms with Crippen molar-refractivity contribution >= 4 is 39.4 Å². The second kappa shape index (κ2) is 9.14. The van der Waals surface area contributed by atoms with Gasteiger partial charge in [0, 0.05) is 51.1 Å². The highest BCUT2D eigenvalue weighted by Gasteiger charge is 2.19. The Morgan fingerprint density at radius 3 is 2.34 bits per heavy atom. The van der Waals surface area contributed by atoms with Crippen LogP contribution in [-0.4, -0.2) is 27.6 Å². The quantitative estimate of drug-likeness (QED) is 0.312. The molecule has 0 radical (unpaired) electrons. The van der Waals surface area contributed by atoms with Gasteiger partial charge in [0.25, 0.3) is 5.91 Å². The first-order valence-corrected chi connectivity index (χ1v) is 11.7. The van der Waals surface area contributed by atoms with E-state index in [1.807, 2.05) is 79.1 Å². The smallest absolute Gasteiger partial charge is 0.340 e. The molecule has 0 aliphatic rings. The molecule has 6 heteroatoms. The van der Waals surface area contributed by atoms with Gasteiger partial charge in [0.05, 0.1) is 5.56 Å². The third-order valence-corrected chi connectivity index (χ3v) is 6.37. The second-order valence-corrected chi connectivity index (χ2v) is 8.57. The zero-order chi connectivity index (χ0) is 24.5. The standard InChI is InChI=1S/C29H27N3O3/c1-4-31-26-13-9-8-12-23(26)25-17-21(14-15-27(25)31)30-28(33)18-35-29(34)24-16-19(2)32(20(24)3)22-10-6-5-7-11-22/h5-17H,4,18H2,1-3H3,(H,30,33). The molecule has 0 aliphatic carbocycles. The summed E-state index contributed by atoms with van der Waals surface area (Å²) < 4.78 is 9.61. The fourth-order valence-electron chi connectivity index (χ4n) is 4.82. The molecule has 0 saturated heterocycles. The van der Waals surface area contributed by atoms with Crippen LogP contribution in [0.1, 0.15) is 28.7 Å². The van der Waals surface area contributed by atoms with Crippen molar-refractivity contribution in [2.24, 2.45) is 0 Å². The lowest BCUT2D eigenvalue weighted by Crippen LogP contribution is -2.21. The summed E-state index contributed by atoms with van der Waals surface area (Å²) in [6.45, 7) is 6.43. The van der Waals surface area contributed by atoms with Gasteiger partial charge in [-0.3, -0.25) is 4.79 Å². The van der Waals surface area contributed by atoms with Gasteiger partial charge in [-0.1, -0.05) is 36.4 Å². The van der Waals surface area contributed by atoms with E-state index in [2.05, 4.69) is 28.9 Å². The molecule has 0 atom stereocenters. The molecule has 2 heterocycles. The molecule has 5 rings (SSSR count). The number of nitrogens with one attached hydrogen (secondary N) is 1. The summed E-state index contributed by atoms with van der Waals surface area (Å²) in [7, 11) is 0. The zero-order valence-corrected chi connectivity index (χ0v) is 20.0. The number of nitrogens with zero attached hydrogens (tertiary/aromatic N) is 2. The zero-order valence-electron chi connectivity index (χ0n) is 20.0. The first-order chi connectivity index (χ1) is 17.0. The summed E-state index contributed by atoms with van der Waals surface area (Å²) in [6.07, 6.45) is 0. The molecule has 0 saturated carbocycles. The number of hydrogen-bond donors (Lipinski definition) is 1. The van der Waals surface area contributed by atoms with Gasteiger partial charge in [-0.15, -0.1) is 0 Å². The van der Waals surface area contributed by atoms with Gasteiger partial charge in [-0.2, -0.15) is 0 Å². The number of esters is 1. The van der Waals surface area contributed by atoms with E-state index in [9.17, 15) is 9.59 Å². The summed E-state index contributed by atoms with van der Waals surface area (Å²) in [5.74, 6) is -0.898. The van der Waals surface area contributed by atoms with E-state index in [0.717, 1.165) is 45.4 Å². The maximum absolute atomic E-state index is 12.8. The van der Waals surface area contributed by atoms with Crippen LogP contribution in [0.5, 0.6) is 0 Å².